The van der Waals surface area contributed by atoms with E-state index < -0.39 is 23.7 Å². The molecule has 1 N–H and O–H groups in total. The number of hydrogen-bond donors (Lipinski definition) is 1. The average Bonchev–Trinajstić information content (AvgIpc) is 2.71. The lowest BCUT2D eigenvalue weighted by Gasteiger charge is -2.35. The molecule has 8 nitrogen and oxygen atoms in total. The van der Waals surface area contributed by atoms with Crippen molar-refractivity contribution in [3.05, 3.63) is 35.9 Å². The normalized spacial score (nSPS) is 17.6. The summed E-state index contributed by atoms with van der Waals surface area (Å²) in [5.74, 6) is -0.508. The predicted octanol–water partition coefficient (Wildman–Crippen LogP) is 3.49. The second kappa shape index (κ2) is 10.8. The molecule has 2 amide bonds. The van der Waals surface area contributed by atoms with E-state index in [-0.39, 0.29) is 18.6 Å². The van der Waals surface area contributed by atoms with E-state index >= 15 is 0 Å². The fourth-order valence-electron chi connectivity index (χ4n) is 3.35. The number of benzene rings is 1. The summed E-state index contributed by atoms with van der Waals surface area (Å²) in [5, 5.41) is 2.60. The predicted molar refractivity (Wildman–Crippen MR) is 111 cm³/mol. The standard InChI is InChI=1S/C22H32N2O6/c1-22(2,3)30-21(27)24-12-8-11-17(14-24)13-18(19(25)28-4)23-20(26)29-15-16-9-6-5-7-10-16/h5-7,9-10,17-18H,8,11-15H2,1-4H3,(H,23,26)/t17-,18-/m1/s1. The Balaban J connectivity index is 1.90. The number of likely N-dealkylation sites (tertiary alicyclic amines) is 1. The van der Waals surface area contributed by atoms with Gasteiger partial charge < -0.3 is 24.4 Å². The molecule has 1 aliphatic heterocycles. The first-order valence-electron chi connectivity index (χ1n) is 10.2. The Bertz CT molecular complexity index is 716. The van der Waals surface area contributed by atoms with E-state index in [1.165, 1.54) is 7.11 Å². The van der Waals surface area contributed by atoms with Crippen LogP contribution in [0.3, 0.4) is 0 Å². The van der Waals surface area contributed by atoms with Crippen molar-refractivity contribution in [2.75, 3.05) is 20.2 Å². The maximum absolute atomic E-state index is 12.4. The van der Waals surface area contributed by atoms with Crippen LogP contribution in [0.15, 0.2) is 30.3 Å². The van der Waals surface area contributed by atoms with Gasteiger partial charge >= 0.3 is 18.2 Å². The van der Waals surface area contributed by atoms with Crippen LogP contribution in [-0.4, -0.2) is 54.9 Å². The molecule has 1 fully saturated rings. The minimum absolute atomic E-state index is 0.0322. The summed E-state index contributed by atoms with van der Waals surface area (Å²) in [6.45, 7) is 6.65. The van der Waals surface area contributed by atoms with Crippen LogP contribution in [0.5, 0.6) is 0 Å². The molecule has 0 bridgehead atoms. The van der Waals surface area contributed by atoms with Gasteiger partial charge in [0, 0.05) is 13.1 Å². The highest BCUT2D eigenvalue weighted by molar-refractivity contribution is 5.81. The zero-order valence-corrected chi connectivity index (χ0v) is 18.2. The molecule has 1 saturated heterocycles. The molecule has 1 aromatic carbocycles. The van der Waals surface area contributed by atoms with Gasteiger partial charge in [0.25, 0.3) is 0 Å². The number of amides is 2. The first-order chi connectivity index (χ1) is 14.2. The molecule has 1 aromatic rings. The fourth-order valence-corrected chi connectivity index (χ4v) is 3.35. The van der Waals surface area contributed by atoms with Crippen molar-refractivity contribution in [2.45, 2.75) is 58.3 Å². The highest BCUT2D eigenvalue weighted by Gasteiger charge is 2.32. The molecule has 0 saturated carbocycles. The molecule has 166 valence electrons. The molecule has 2 atom stereocenters. The largest absolute Gasteiger partial charge is 0.467 e. The van der Waals surface area contributed by atoms with Crippen LogP contribution in [0.25, 0.3) is 0 Å². The lowest BCUT2D eigenvalue weighted by molar-refractivity contribution is -0.143. The fraction of sp³-hybridized carbons (Fsp3) is 0.591. The minimum Gasteiger partial charge on any atom is -0.467 e. The van der Waals surface area contributed by atoms with Crippen molar-refractivity contribution in [3.63, 3.8) is 0 Å². The first kappa shape index (κ1) is 23.5. The number of piperidine rings is 1. The van der Waals surface area contributed by atoms with Crippen LogP contribution in [0.2, 0.25) is 0 Å². The number of nitrogens with one attached hydrogen (secondary N) is 1. The average molecular weight is 421 g/mol. The number of esters is 1. The third-order valence-corrected chi connectivity index (χ3v) is 4.73. The van der Waals surface area contributed by atoms with E-state index in [2.05, 4.69) is 5.32 Å². The molecule has 1 aliphatic rings. The number of methoxy groups -OCH3 is 1. The molecule has 2 rings (SSSR count). The van der Waals surface area contributed by atoms with Crippen LogP contribution in [0, 0.1) is 5.92 Å². The van der Waals surface area contributed by atoms with Gasteiger partial charge in [0.1, 0.15) is 18.2 Å². The van der Waals surface area contributed by atoms with Crippen molar-refractivity contribution in [1.82, 2.24) is 10.2 Å². The summed E-state index contributed by atoms with van der Waals surface area (Å²) in [6, 6.07) is 8.43. The van der Waals surface area contributed by atoms with Crippen molar-refractivity contribution in [1.29, 1.82) is 0 Å². The van der Waals surface area contributed by atoms with Crippen molar-refractivity contribution in [2.24, 2.45) is 5.92 Å². The van der Waals surface area contributed by atoms with E-state index in [1.54, 1.807) is 4.90 Å². The Kier molecular flexibility index (Phi) is 8.50. The Morgan fingerprint density at radius 2 is 1.90 bits per heavy atom. The number of carbonyl (C=O) groups is 3. The van der Waals surface area contributed by atoms with E-state index in [0.717, 1.165) is 18.4 Å². The molecule has 0 aromatic heterocycles. The van der Waals surface area contributed by atoms with E-state index in [1.807, 2.05) is 51.1 Å². The summed E-state index contributed by atoms with van der Waals surface area (Å²) in [7, 11) is 1.28. The molecule has 0 aliphatic carbocycles. The zero-order chi connectivity index (χ0) is 22.1. The lowest BCUT2D eigenvalue weighted by Crippen LogP contribution is -2.47. The van der Waals surface area contributed by atoms with Gasteiger partial charge in [-0.25, -0.2) is 14.4 Å². The summed E-state index contributed by atoms with van der Waals surface area (Å²) < 4.78 is 15.5. The van der Waals surface area contributed by atoms with Gasteiger partial charge in [-0.1, -0.05) is 30.3 Å². The topological polar surface area (TPSA) is 94.2 Å². The minimum atomic E-state index is -0.846. The molecular weight excluding hydrogens is 388 g/mol. The second-order valence-corrected chi connectivity index (χ2v) is 8.45. The van der Waals surface area contributed by atoms with Crippen LogP contribution < -0.4 is 5.32 Å². The van der Waals surface area contributed by atoms with Gasteiger partial charge in [-0.3, -0.25) is 0 Å². The smallest absolute Gasteiger partial charge is 0.410 e. The first-order valence-corrected chi connectivity index (χ1v) is 10.2. The van der Waals surface area contributed by atoms with Gasteiger partial charge in [0.05, 0.1) is 7.11 Å². The molecule has 0 radical (unpaired) electrons. The number of alkyl carbamates (subject to hydrolysis) is 1. The quantitative estimate of drug-likeness (QED) is 0.559. The highest BCUT2D eigenvalue weighted by Crippen LogP contribution is 2.23. The Morgan fingerprint density at radius 1 is 1.20 bits per heavy atom. The lowest BCUT2D eigenvalue weighted by atomic mass is 9.91. The second-order valence-electron chi connectivity index (χ2n) is 8.45. The van der Waals surface area contributed by atoms with Gasteiger partial charge in [0.15, 0.2) is 0 Å². The van der Waals surface area contributed by atoms with Crippen molar-refractivity contribution >= 4 is 18.2 Å². The molecule has 0 unspecified atom stereocenters. The number of rotatable bonds is 6. The summed E-state index contributed by atoms with van der Waals surface area (Å²) in [5.41, 5.74) is 0.283. The zero-order valence-electron chi connectivity index (χ0n) is 18.2. The van der Waals surface area contributed by atoms with E-state index in [4.69, 9.17) is 14.2 Å². The monoisotopic (exact) mass is 420 g/mol. The highest BCUT2D eigenvalue weighted by atomic mass is 16.6. The molecule has 8 heteroatoms. The van der Waals surface area contributed by atoms with Gasteiger partial charge in [0.2, 0.25) is 0 Å². The van der Waals surface area contributed by atoms with Gasteiger partial charge in [-0.2, -0.15) is 0 Å². The summed E-state index contributed by atoms with van der Waals surface area (Å²) in [4.78, 5) is 38.4. The Labute approximate surface area is 177 Å². The number of hydrogen-bond acceptors (Lipinski definition) is 6. The van der Waals surface area contributed by atoms with E-state index in [0.29, 0.717) is 19.5 Å². The number of carbonyl (C=O) groups excluding carboxylic acids is 3. The van der Waals surface area contributed by atoms with E-state index in [9.17, 15) is 14.4 Å². The molecular formula is C22H32N2O6. The van der Waals surface area contributed by atoms with Crippen LogP contribution in [0.4, 0.5) is 9.59 Å². The van der Waals surface area contributed by atoms with Gasteiger partial charge in [-0.05, 0) is 51.5 Å². The maximum atomic E-state index is 12.4. The van der Waals surface area contributed by atoms with Crippen molar-refractivity contribution in [3.8, 4) is 0 Å². The summed E-state index contributed by atoms with van der Waals surface area (Å²) in [6.07, 6.45) is 0.946. The van der Waals surface area contributed by atoms with Crippen LogP contribution in [-0.2, 0) is 25.6 Å². The SMILES string of the molecule is COC(=O)[C@@H](C[C@H]1CCCN(C(=O)OC(C)(C)C)C1)NC(=O)OCc1ccccc1. The molecule has 30 heavy (non-hydrogen) atoms. The Morgan fingerprint density at radius 3 is 2.53 bits per heavy atom. The third kappa shape index (κ3) is 7.93. The van der Waals surface area contributed by atoms with Crippen LogP contribution >= 0.6 is 0 Å². The van der Waals surface area contributed by atoms with Crippen molar-refractivity contribution < 1.29 is 28.6 Å². The van der Waals surface area contributed by atoms with Crippen LogP contribution in [0.1, 0.15) is 45.6 Å². The third-order valence-electron chi connectivity index (χ3n) is 4.73. The Hall–Kier alpha value is -2.77. The summed E-state index contributed by atoms with van der Waals surface area (Å²) >= 11 is 0. The maximum Gasteiger partial charge on any atom is 0.410 e. The molecule has 0 spiro atoms. The number of nitrogens with zero attached hydrogens (tertiary/aromatic N) is 1. The number of ether oxygens (including phenoxy) is 3. The van der Waals surface area contributed by atoms with Gasteiger partial charge in [-0.15, -0.1) is 0 Å². The molecule has 1 heterocycles.